The molecule has 2 N–H and O–H groups in total. The molecule has 0 aliphatic carbocycles. The summed E-state index contributed by atoms with van der Waals surface area (Å²) in [6.45, 7) is 5.13. The van der Waals surface area contributed by atoms with E-state index in [1.807, 2.05) is 24.4 Å². The highest BCUT2D eigenvalue weighted by Crippen LogP contribution is 2.29. The molecule has 4 aromatic rings. The topological polar surface area (TPSA) is 61.9 Å². The number of nitrogens with one attached hydrogen (secondary N) is 2. The van der Waals surface area contributed by atoms with E-state index < -0.39 is 0 Å². The SMILES string of the molecule is N#Cc1ccc(N2CCN(CCc3c[nH]c4cc(Cl)ccc34)CC2)c2cc[nH]c12. The Morgan fingerprint density at radius 1 is 1.00 bits per heavy atom. The maximum absolute atomic E-state index is 9.31. The number of fused-ring (bicyclic) bond motifs is 2. The summed E-state index contributed by atoms with van der Waals surface area (Å²) in [4.78, 5) is 11.5. The van der Waals surface area contributed by atoms with Crippen LogP contribution in [-0.4, -0.2) is 47.6 Å². The Morgan fingerprint density at radius 3 is 2.69 bits per heavy atom. The van der Waals surface area contributed by atoms with Crippen molar-refractivity contribution in [2.24, 2.45) is 0 Å². The van der Waals surface area contributed by atoms with Crippen LogP contribution in [0.2, 0.25) is 5.02 Å². The molecule has 0 atom stereocenters. The standard InChI is InChI=1S/C23H22ClN5/c24-18-2-3-19-17(15-27-21(19)13-18)6-8-28-9-11-29(12-10-28)22-4-1-16(14-25)23-20(22)5-7-26-23/h1-5,7,13,15,26-27H,6,8-12H2. The molecule has 1 aliphatic heterocycles. The zero-order chi connectivity index (χ0) is 19.8. The molecule has 0 spiro atoms. The smallest absolute Gasteiger partial charge is 0.101 e. The van der Waals surface area contributed by atoms with Gasteiger partial charge in [0, 0.05) is 72.1 Å². The minimum absolute atomic E-state index is 0.701. The first-order valence-electron chi connectivity index (χ1n) is 9.96. The highest BCUT2D eigenvalue weighted by Gasteiger charge is 2.20. The number of benzene rings is 2. The zero-order valence-electron chi connectivity index (χ0n) is 16.1. The fraction of sp³-hybridized carbons (Fsp3) is 0.261. The van der Waals surface area contributed by atoms with Crippen molar-refractivity contribution in [1.82, 2.24) is 14.9 Å². The van der Waals surface area contributed by atoms with Gasteiger partial charge in [0.25, 0.3) is 0 Å². The minimum Gasteiger partial charge on any atom is -0.368 e. The molecule has 2 aromatic heterocycles. The molecule has 5 rings (SSSR count). The van der Waals surface area contributed by atoms with E-state index in [4.69, 9.17) is 11.6 Å². The summed E-state index contributed by atoms with van der Waals surface area (Å²) in [5.41, 5.74) is 5.31. The van der Waals surface area contributed by atoms with Crippen LogP contribution in [0.25, 0.3) is 21.8 Å². The summed E-state index contributed by atoms with van der Waals surface area (Å²) in [5.74, 6) is 0. The number of anilines is 1. The first kappa shape index (κ1) is 18.1. The largest absolute Gasteiger partial charge is 0.368 e. The molecule has 146 valence electrons. The molecular weight excluding hydrogens is 382 g/mol. The van der Waals surface area contributed by atoms with E-state index in [0.29, 0.717) is 5.56 Å². The Morgan fingerprint density at radius 2 is 1.86 bits per heavy atom. The fourth-order valence-electron chi connectivity index (χ4n) is 4.37. The number of nitriles is 1. The highest BCUT2D eigenvalue weighted by molar-refractivity contribution is 6.31. The van der Waals surface area contributed by atoms with E-state index in [1.54, 1.807) is 0 Å². The first-order chi connectivity index (χ1) is 14.2. The van der Waals surface area contributed by atoms with Gasteiger partial charge in [-0.05, 0) is 42.3 Å². The van der Waals surface area contributed by atoms with Crippen molar-refractivity contribution in [2.75, 3.05) is 37.6 Å². The minimum atomic E-state index is 0.701. The maximum atomic E-state index is 9.31. The van der Waals surface area contributed by atoms with Crippen LogP contribution in [0.1, 0.15) is 11.1 Å². The maximum Gasteiger partial charge on any atom is 0.101 e. The summed E-state index contributed by atoms with van der Waals surface area (Å²) < 4.78 is 0. The van der Waals surface area contributed by atoms with Crippen molar-refractivity contribution < 1.29 is 0 Å². The highest BCUT2D eigenvalue weighted by atomic mass is 35.5. The molecule has 5 nitrogen and oxygen atoms in total. The zero-order valence-corrected chi connectivity index (χ0v) is 16.8. The average molecular weight is 404 g/mol. The van der Waals surface area contributed by atoms with Gasteiger partial charge in [-0.3, -0.25) is 4.90 Å². The molecule has 0 radical (unpaired) electrons. The lowest BCUT2D eigenvalue weighted by atomic mass is 10.1. The quantitative estimate of drug-likeness (QED) is 0.526. The molecule has 1 saturated heterocycles. The summed E-state index contributed by atoms with van der Waals surface area (Å²) in [6, 6.07) is 14.4. The normalized spacial score (nSPS) is 15.2. The van der Waals surface area contributed by atoms with E-state index in [1.165, 1.54) is 16.6 Å². The second-order valence-corrected chi connectivity index (χ2v) is 8.03. The Bertz CT molecular complexity index is 1210. The first-order valence-corrected chi connectivity index (χ1v) is 10.3. The predicted octanol–water partition coefficient (Wildman–Crippen LogP) is 4.54. The number of aromatic amines is 2. The third-order valence-corrected chi connectivity index (χ3v) is 6.20. The third-order valence-electron chi connectivity index (χ3n) is 5.96. The van der Waals surface area contributed by atoms with Crippen molar-refractivity contribution in [2.45, 2.75) is 6.42 Å². The van der Waals surface area contributed by atoms with Gasteiger partial charge < -0.3 is 14.9 Å². The molecule has 2 aromatic carbocycles. The Balaban J connectivity index is 1.24. The Kier molecular flexibility index (Phi) is 4.67. The van der Waals surface area contributed by atoms with E-state index in [-0.39, 0.29) is 0 Å². The monoisotopic (exact) mass is 403 g/mol. The van der Waals surface area contributed by atoms with Gasteiger partial charge in [-0.25, -0.2) is 0 Å². The van der Waals surface area contributed by atoms with E-state index >= 15 is 0 Å². The Hall–Kier alpha value is -2.94. The van der Waals surface area contributed by atoms with Crippen molar-refractivity contribution in [1.29, 1.82) is 5.26 Å². The van der Waals surface area contributed by atoms with E-state index in [0.717, 1.165) is 60.6 Å². The third kappa shape index (κ3) is 3.35. The fourth-order valence-corrected chi connectivity index (χ4v) is 4.54. The van der Waals surface area contributed by atoms with Crippen LogP contribution < -0.4 is 4.90 Å². The predicted molar refractivity (Wildman–Crippen MR) is 119 cm³/mol. The molecular formula is C23H22ClN5. The number of piperazine rings is 1. The number of nitrogens with zero attached hydrogens (tertiary/aromatic N) is 3. The van der Waals surface area contributed by atoms with Gasteiger partial charge in [-0.15, -0.1) is 0 Å². The average Bonchev–Trinajstić information content (AvgIpc) is 3.39. The summed E-state index contributed by atoms with van der Waals surface area (Å²) >= 11 is 6.09. The van der Waals surface area contributed by atoms with Gasteiger partial charge in [-0.1, -0.05) is 17.7 Å². The lowest BCUT2D eigenvalue weighted by Crippen LogP contribution is -2.47. The molecule has 1 fully saturated rings. The molecule has 0 saturated carbocycles. The van der Waals surface area contributed by atoms with Gasteiger partial charge in [0.15, 0.2) is 0 Å². The van der Waals surface area contributed by atoms with Crippen LogP contribution in [0.5, 0.6) is 0 Å². The van der Waals surface area contributed by atoms with Crippen molar-refractivity contribution >= 4 is 39.1 Å². The van der Waals surface area contributed by atoms with Gasteiger partial charge in [-0.2, -0.15) is 5.26 Å². The van der Waals surface area contributed by atoms with Gasteiger partial charge >= 0.3 is 0 Å². The van der Waals surface area contributed by atoms with Gasteiger partial charge in [0.1, 0.15) is 6.07 Å². The molecule has 29 heavy (non-hydrogen) atoms. The summed E-state index contributed by atoms with van der Waals surface area (Å²) in [5, 5.41) is 12.5. The van der Waals surface area contributed by atoms with E-state index in [2.05, 4.69) is 50.2 Å². The molecule has 3 heterocycles. The number of H-pyrrole nitrogens is 2. The number of halogens is 1. The summed E-state index contributed by atoms with van der Waals surface area (Å²) in [6.07, 6.45) is 5.05. The van der Waals surface area contributed by atoms with Crippen LogP contribution in [0.3, 0.4) is 0 Å². The van der Waals surface area contributed by atoms with Crippen LogP contribution in [0.4, 0.5) is 5.69 Å². The van der Waals surface area contributed by atoms with Crippen molar-refractivity contribution in [3.63, 3.8) is 0 Å². The molecule has 6 heteroatoms. The van der Waals surface area contributed by atoms with Crippen LogP contribution in [-0.2, 0) is 6.42 Å². The number of hydrogen-bond donors (Lipinski definition) is 2. The van der Waals surface area contributed by atoms with Crippen LogP contribution in [0, 0.1) is 11.3 Å². The second-order valence-electron chi connectivity index (χ2n) is 7.59. The molecule has 0 bridgehead atoms. The number of aromatic nitrogens is 2. The molecule has 1 aliphatic rings. The lowest BCUT2D eigenvalue weighted by Gasteiger charge is -2.36. The molecule has 0 amide bonds. The van der Waals surface area contributed by atoms with Crippen LogP contribution >= 0.6 is 11.6 Å². The number of hydrogen-bond acceptors (Lipinski definition) is 3. The Labute approximate surface area is 174 Å². The second kappa shape index (κ2) is 7.47. The number of rotatable bonds is 4. The van der Waals surface area contributed by atoms with Gasteiger partial charge in [0.2, 0.25) is 0 Å². The molecule has 0 unspecified atom stereocenters. The van der Waals surface area contributed by atoms with Crippen molar-refractivity contribution in [3.8, 4) is 6.07 Å². The summed E-state index contributed by atoms with van der Waals surface area (Å²) in [7, 11) is 0. The van der Waals surface area contributed by atoms with E-state index in [9.17, 15) is 5.26 Å². The van der Waals surface area contributed by atoms with Gasteiger partial charge in [0.05, 0.1) is 11.1 Å². The van der Waals surface area contributed by atoms with Crippen molar-refractivity contribution in [3.05, 3.63) is 64.9 Å². The van der Waals surface area contributed by atoms with Crippen LogP contribution in [0.15, 0.2) is 48.8 Å². The lowest BCUT2D eigenvalue weighted by molar-refractivity contribution is 0.261.